The molecule has 2 aromatic rings. The molecule has 0 radical (unpaired) electrons. The Morgan fingerprint density at radius 2 is 1.56 bits per heavy atom. The lowest BCUT2D eigenvalue weighted by molar-refractivity contribution is -0.162. The smallest absolute Gasteiger partial charge is 0.328 e. The topological polar surface area (TPSA) is 168 Å². The zero-order chi connectivity index (χ0) is 34.1. The van der Waals surface area contributed by atoms with Crippen molar-refractivity contribution in [3.63, 3.8) is 0 Å². The van der Waals surface area contributed by atoms with Gasteiger partial charge < -0.3 is 26.0 Å². The number of carbonyl (C=O) groups excluding carboxylic acids is 5. The molecule has 5 aliphatic rings. The van der Waals surface area contributed by atoms with Crippen LogP contribution in [0.5, 0.6) is 0 Å². The fourth-order valence-electron chi connectivity index (χ4n) is 8.41. The molecule has 13 heteroatoms. The number of likely N-dealkylation sites (N-methyl/N-ethyl adjacent to an activating group) is 1. The summed E-state index contributed by atoms with van der Waals surface area (Å²) in [7, 11) is 1.49. The molecule has 7 rings (SSSR count). The highest BCUT2D eigenvalue weighted by Gasteiger charge is 2.53. The zero-order valence-electron chi connectivity index (χ0n) is 27.2. The van der Waals surface area contributed by atoms with Crippen LogP contribution >= 0.6 is 0 Å². The lowest BCUT2D eigenvalue weighted by Gasteiger charge is -2.56. The summed E-state index contributed by atoms with van der Waals surface area (Å²) in [6.45, 7) is 1.18. The molecule has 0 aromatic heterocycles. The average Bonchev–Trinajstić information content (AvgIpc) is 3.29. The van der Waals surface area contributed by atoms with Crippen molar-refractivity contribution in [2.45, 2.75) is 64.1 Å². The lowest BCUT2D eigenvalue weighted by Crippen LogP contribution is -2.63. The third-order valence-electron chi connectivity index (χ3n) is 10.4. The Morgan fingerprint density at radius 3 is 2.17 bits per heavy atom. The number of hydrogen-bond acceptors (Lipinski definition) is 7. The van der Waals surface area contributed by atoms with Crippen LogP contribution in [0, 0.1) is 30.6 Å². The van der Waals surface area contributed by atoms with E-state index in [1.54, 1.807) is 30.3 Å². The van der Waals surface area contributed by atoms with Crippen molar-refractivity contribution in [3.05, 3.63) is 59.7 Å². The van der Waals surface area contributed by atoms with Gasteiger partial charge >= 0.3 is 18.0 Å². The number of carboxylic acid groups (broad SMARTS) is 1. The number of aryl methyl sites for hydroxylation is 1. The largest absolute Gasteiger partial charge is 0.481 e. The van der Waals surface area contributed by atoms with Crippen LogP contribution in [-0.4, -0.2) is 87.8 Å². The number of imide groups is 2. The van der Waals surface area contributed by atoms with Crippen LogP contribution < -0.4 is 16.0 Å². The molecule has 1 saturated heterocycles. The number of benzene rings is 2. The van der Waals surface area contributed by atoms with Crippen molar-refractivity contribution < 1.29 is 33.9 Å². The Hall–Kier alpha value is -4.78. The molecule has 5 fully saturated rings. The minimum Gasteiger partial charge on any atom is -0.481 e. The second kappa shape index (κ2) is 13.8. The van der Waals surface area contributed by atoms with Gasteiger partial charge in [0.25, 0.3) is 5.91 Å². The minimum atomic E-state index is -1.17. The third kappa shape index (κ3) is 6.91. The molecule has 4 bridgehead atoms. The van der Waals surface area contributed by atoms with E-state index in [-0.39, 0.29) is 31.0 Å². The van der Waals surface area contributed by atoms with Crippen molar-refractivity contribution in [3.8, 4) is 0 Å². The van der Waals surface area contributed by atoms with Gasteiger partial charge in [-0.2, -0.15) is 0 Å². The number of nitrogens with one attached hydrogen (secondary N) is 3. The zero-order valence-corrected chi connectivity index (χ0v) is 27.2. The fourth-order valence-corrected chi connectivity index (χ4v) is 8.41. The van der Waals surface area contributed by atoms with Crippen molar-refractivity contribution in [2.75, 3.05) is 30.8 Å². The van der Waals surface area contributed by atoms with Gasteiger partial charge in [0, 0.05) is 24.0 Å². The summed E-state index contributed by atoms with van der Waals surface area (Å²) < 4.78 is 0. The molecule has 13 nitrogen and oxygen atoms in total. The lowest BCUT2D eigenvalue weighted by atomic mass is 9.53. The Labute approximate surface area is 279 Å². The van der Waals surface area contributed by atoms with E-state index in [1.165, 1.54) is 23.3 Å². The number of carboxylic acids is 1. The molecule has 48 heavy (non-hydrogen) atoms. The van der Waals surface area contributed by atoms with Crippen LogP contribution in [0.3, 0.4) is 0 Å². The first-order valence-corrected chi connectivity index (χ1v) is 16.6. The van der Waals surface area contributed by atoms with Gasteiger partial charge in [-0.3, -0.25) is 29.0 Å². The van der Waals surface area contributed by atoms with Crippen LogP contribution in [0.25, 0.3) is 0 Å². The van der Waals surface area contributed by atoms with E-state index in [2.05, 4.69) is 16.0 Å². The van der Waals surface area contributed by atoms with Crippen molar-refractivity contribution in [1.82, 2.24) is 20.0 Å². The number of nitrogens with zero attached hydrogens (tertiary/aromatic N) is 3. The number of hydrogen-bond donors (Lipinski definition) is 4. The number of aliphatic carboxylic acids is 1. The summed E-state index contributed by atoms with van der Waals surface area (Å²) in [6.07, 6.45) is 4.35. The maximum atomic E-state index is 14.0. The van der Waals surface area contributed by atoms with E-state index in [9.17, 15) is 33.9 Å². The molecule has 4 N–H and O–H groups in total. The van der Waals surface area contributed by atoms with E-state index < -0.39 is 54.8 Å². The van der Waals surface area contributed by atoms with Gasteiger partial charge in [-0.1, -0.05) is 30.3 Å². The number of rotatable bonds is 11. The van der Waals surface area contributed by atoms with Gasteiger partial charge in [-0.25, -0.2) is 9.59 Å². The molecule has 1 heterocycles. The molecule has 4 aliphatic carbocycles. The van der Waals surface area contributed by atoms with E-state index in [0.29, 0.717) is 28.8 Å². The Morgan fingerprint density at radius 1 is 0.917 bits per heavy atom. The predicted octanol–water partition coefficient (Wildman–Crippen LogP) is 3.65. The SMILES string of the molecule is CN[C@@H](CC(=O)O)C(=O)N(C(=O)CN1C(=O)CN(Cc2ccc(NC(=O)Nc3ccccc3C)cc2)C1=O)C1C2CC3CC(C2)CC1C3. The Kier molecular flexibility index (Phi) is 9.49. The second-order valence-corrected chi connectivity index (χ2v) is 13.7. The number of para-hydroxylation sites is 1. The minimum absolute atomic E-state index is 0.101. The quantitative estimate of drug-likeness (QED) is 0.266. The normalized spacial score (nSPS) is 24.8. The van der Waals surface area contributed by atoms with Gasteiger partial charge in [0.2, 0.25) is 11.8 Å². The van der Waals surface area contributed by atoms with Gasteiger partial charge in [0.05, 0.1) is 12.5 Å². The maximum Gasteiger partial charge on any atom is 0.328 e. The van der Waals surface area contributed by atoms with Gasteiger partial charge in [0.1, 0.15) is 13.1 Å². The first-order chi connectivity index (χ1) is 23.0. The standard InChI is InChI=1S/C35H42N6O7/c1-20-5-3-4-6-27(20)38-34(47)37-26-9-7-21(8-10-26)17-39-18-29(42)40(35(39)48)19-30(43)41(33(46)28(36-2)16-31(44)45)32-24-12-22-11-23(14-24)15-25(32)13-22/h3-10,22-25,28,32,36H,11-19H2,1-2H3,(H,44,45)(H2,37,38,47)/t22?,23?,24?,25?,28-,32?/m0/s1. The first kappa shape index (κ1) is 33.1. The molecule has 0 spiro atoms. The van der Waals surface area contributed by atoms with Crippen LogP contribution in [0.4, 0.5) is 21.0 Å². The number of anilines is 2. The van der Waals surface area contributed by atoms with Crippen LogP contribution in [-0.2, 0) is 25.7 Å². The molecule has 0 unspecified atom stereocenters. The Balaban J connectivity index is 1.11. The molecule has 4 saturated carbocycles. The molecule has 1 aliphatic heterocycles. The molecule has 2 aromatic carbocycles. The number of amides is 7. The average molecular weight is 659 g/mol. The highest BCUT2D eigenvalue weighted by molar-refractivity contribution is 6.07. The summed E-state index contributed by atoms with van der Waals surface area (Å²) in [5.41, 5.74) is 2.87. The number of urea groups is 2. The monoisotopic (exact) mass is 658 g/mol. The van der Waals surface area contributed by atoms with E-state index in [1.807, 2.05) is 25.1 Å². The van der Waals surface area contributed by atoms with Crippen LogP contribution in [0.2, 0.25) is 0 Å². The fraction of sp³-hybridized carbons (Fsp3) is 0.486. The second-order valence-electron chi connectivity index (χ2n) is 13.7. The van der Waals surface area contributed by atoms with Crippen LogP contribution in [0.15, 0.2) is 48.5 Å². The summed E-state index contributed by atoms with van der Waals surface area (Å²) in [5.74, 6) is -1.60. The molecule has 7 amide bonds. The first-order valence-electron chi connectivity index (χ1n) is 16.6. The molecular formula is C35H42N6O7. The summed E-state index contributed by atoms with van der Waals surface area (Å²) in [6, 6.07) is 11.8. The Bertz CT molecular complexity index is 1580. The molecular weight excluding hydrogens is 616 g/mol. The number of carbonyl (C=O) groups is 6. The van der Waals surface area contributed by atoms with Crippen LogP contribution in [0.1, 0.15) is 49.7 Å². The highest BCUT2D eigenvalue weighted by atomic mass is 16.4. The maximum absolute atomic E-state index is 14.0. The van der Waals surface area contributed by atoms with Crippen molar-refractivity contribution in [2.24, 2.45) is 23.7 Å². The van der Waals surface area contributed by atoms with Gasteiger partial charge in [-0.05, 0) is 99.1 Å². The molecule has 1 atom stereocenters. The summed E-state index contributed by atoms with van der Waals surface area (Å²) in [4.78, 5) is 81.9. The predicted molar refractivity (Wildman–Crippen MR) is 176 cm³/mol. The van der Waals surface area contributed by atoms with Crippen molar-refractivity contribution >= 4 is 47.1 Å². The summed E-state index contributed by atoms with van der Waals surface area (Å²) in [5, 5.41) is 17.8. The van der Waals surface area contributed by atoms with Gasteiger partial charge in [0.15, 0.2) is 0 Å². The van der Waals surface area contributed by atoms with E-state index in [4.69, 9.17) is 0 Å². The van der Waals surface area contributed by atoms with Crippen molar-refractivity contribution in [1.29, 1.82) is 0 Å². The van der Waals surface area contributed by atoms with E-state index >= 15 is 0 Å². The van der Waals surface area contributed by atoms with E-state index in [0.717, 1.165) is 36.1 Å². The summed E-state index contributed by atoms with van der Waals surface area (Å²) >= 11 is 0. The molecule has 254 valence electrons. The third-order valence-corrected chi connectivity index (χ3v) is 10.4. The van der Waals surface area contributed by atoms with Gasteiger partial charge in [-0.15, -0.1) is 0 Å². The highest BCUT2D eigenvalue weighted by Crippen LogP contribution is 2.55.